The van der Waals surface area contributed by atoms with Crippen molar-refractivity contribution < 1.29 is 37.7 Å². The average Bonchev–Trinajstić information content (AvgIpc) is 2.91. The summed E-state index contributed by atoms with van der Waals surface area (Å²) in [6.45, 7) is 10.3. The molecule has 2 aliphatic rings. The molecule has 0 amide bonds. The predicted molar refractivity (Wildman–Crippen MR) is 147 cm³/mol. The lowest BCUT2D eigenvalue weighted by atomic mass is 9.79. The van der Waals surface area contributed by atoms with Crippen LogP contribution in [-0.2, 0) is 23.8 Å². The van der Waals surface area contributed by atoms with Crippen LogP contribution < -0.4 is 0 Å². The number of hydrogen-bond donors (Lipinski definition) is 1. The van der Waals surface area contributed by atoms with Crippen LogP contribution >= 0.6 is 0 Å². The Balaban J connectivity index is 1.82. The number of esters is 2. The van der Waals surface area contributed by atoms with Crippen molar-refractivity contribution in [1.82, 2.24) is 0 Å². The molecule has 6 nitrogen and oxygen atoms in total. The minimum absolute atomic E-state index is 0.0569. The molecule has 1 N–H and O–H groups in total. The molecule has 0 aromatic carbocycles. The van der Waals surface area contributed by atoms with E-state index in [1.807, 2.05) is 0 Å². The van der Waals surface area contributed by atoms with Crippen LogP contribution in [0.15, 0.2) is 12.2 Å². The van der Waals surface area contributed by atoms with Gasteiger partial charge in [0.15, 0.2) is 0 Å². The van der Waals surface area contributed by atoms with Crippen LogP contribution in [0.4, 0.5) is 8.78 Å². The van der Waals surface area contributed by atoms with Crippen LogP contribution in [0.3, 0.4) is 0 Å². The Bertz CT molecular complexity index is 767. The lowest BCUT2D eigenvalue weighted by Gasteiger charge is -2.37. The van der Waals surface area contributed by atoms with Crippen molar-refractivity contribution in [3.8, 4) is 0 Å². The van der Waals surface area contributed by atoms with E-state index in [-0.39, 0.29) is 37.2 Å². The Labute approximate surface area is 234 Å². The monoisotopic (exact) mass is 558 g/mol. The van der Waals surface area contributed by atoms with Gasteiger partial charge in [0.1, 0.15) is 0 Å². The van der Waals surface area contributed by atoms with Crippen LogP contribution in [-0.4, -0.2) is 49.1 Å². The van der Waals surface area contributed by atoms with E-state index in [0.717, 1.165) is 32.1 Å². The molecule has 0 heterocycles. The summed E-state index contributed by atoms with van der Waals surface area (Å²) in [4.78, 5) is 24.2. The van der Waals surface area contributed by atoms with Crippen LogP contribution in [0, 0.1) is 29.1 Å². The maximum absolute atomic E-state index is 15.0. The van der Waals surface area contributed by atoms with E-state index in [9.17, 15) is 14.7 Å². The molecule has 0 saturated heterocycles. The Morgan fingerprint density at radius 1 is 0.949 bits per heavy atom. The van der Waals surface area contributed by atoms with E-state index >= 15 is 8.78 Å². The van der Waals surface area contributed by atoms with E-state index in [1.165, 1.54) is 19.3 Å². The van der Waals surface area contributed by atoms with Gasteiger partial charge in [-0.2, -0.15) is 8.78 Å². The highest BCUT2D eigenvalue weighted by Gasteiger charge is 2.45. The van der Waals surface area contributed by atoms with Gasteiger partial charge in [-0.3, -0.25) is 4.79 Å². The zero-order valence-corrected chi connectivity index (χ0v) is 24.7. The van der Waals surface area contributed by atoms with E-state index in [2.05, 4.69) is 13.5 Å². The van der Waals surface area contributed by atoms with E-state index in [0.29, 0.717) is 38.0 Å². The third kappa shape index (κ3) is 11.5. The van der Waals surface area contributed by atoms with Gasteiger partial charge in [0.2, 0.25) is 0 Å². The molecule has 0 bridgehead atoms. The molecule has 226 valence electrons. The summed E-state index contributed by atoms with van der Waals surface area (Å²) in [5.41, 5.74) is -0.732. The first-order chi connectivity index (χ1) is 18.4. The lowest BCUT2D eigenvalue weighted by Crippen LogP contribution is -2.39. The normalized spacial score (nSPS) is 25.1. The number of rotatable bonds is 16. The van der Waals surface area contributed by atoms with Crippen molar-refractivity contribution in [3.63, 3.8) is 0 Å². The predicted octanol–water partition coefficient (Wildman–Crippen LogP) is 7.23. The topological polar surface area (TPSA) is 82.1 Å². The number of hydrogen-bond acceptors (Lipinski definition) is 6. The molecule has 0 aromatic rings. The van der Waals surface area contributed by atoms with Crippen molar-refractivity contribution in [2.75, 3.05) is 19.8 Å². The zero-order valence-electron chi connectivity index (χ0n) is 24.7. The average molecular weight is 559 g/mol. The Hall–Kier alpha value is -1.54. The molecule has 39 heavy (non-hydrogen) atoms. The molecule has 8 heteroatoms. The summed E-state index contributed by atoms with van der Waals surface area (Å²) in [5, 5.41) is 9.42. The molecule has 1 unspecified atom stereocenters. The molecule has 2 rings (SSSR count). The number of halogens is 2. The summed E-state index contributed by atoms with van der Waals surface area (Å²) in [5.74, 6) is -1.14. The van der Waals surface area contributed by atoms with Crippen molar-refractivity contribution in [2.24, 2.45) is 29.1 Å². The first-order valence-electron chi connectivity index (χ1n) is 15.0. The second-order valence-corrected chi connectivity index (χ2v) is 12.7. The van der Waals surface area contributed by atoms with Gasteiger partial charge >= 0.3 is 18.0 Å². The Kier molecular flexibility index (Phi) is 13.8. The van der Waals surface area contributed by atoms with Crippen LogP contribution in [0.5, 0.6) is 0 Å². The van der Waals surface area contributed by atoms with E-state index in [1.54, 1.807) is 20.8 Å². The fourth-order valence-corrected chi connectivity index (χ4v) is 5.70. The molecule has 2 saturated carbocycles. The van der Waals surface area contributed by atoms with Gasteiger partial charge in [-0.05, 0) is 90.4 Å². The van der Waals surface area contributed by atoms with Gasteiger partial charge in [0, 0.05) is 11.5 Å². The van der Waals surface area contributed by atoms with Gasteiger partial charge < -0.3 is 19.3 Å². The first kappa shape index (κ1) is 33.7. The smallest absolute Gasteiger partial charge is 0.358 e. The molecule has 0 aromatic heterocycles. The summed E-state index contributed by atoms with van der Waals surface area (Å²) < 4.78 is 46.3. The molecule has 1 atom stereocenters. The number of unbranched alkanes of at least 4 members (excludes halogenated alkanes) is 2. The molecule has 0 radical (unpaired) electrons. The zero-order chi connectivity index (χ0) is 29.1. The van der Waals surface area contributed by atoms with E-state index < -0.39 is 35.5 Å². The van der Waals surface area contributed by atoms with Crippen LogP contribution in [0.1, 0.15) is 111 Å². The number of aliphatic hydroxyl groups excluding tert-OH is 1. The summed E-state index contributed by atoms with van der Waals surface area (Å²) >= 11 is 0. The minimum Gasteiger partial charge on any atom is -0.465 e. The fraction of sp³-hybridized carbons (Fsp3) is 0.871. The SMILES string of the molecule is C=C(C)C(=O)OCC(COC(=O)C(C)(C)CO)CC1CCC(OC(F)(F)C2CCC(CCCCC)CC2)CC1. The van der Waals surface area contributed by atoms with Crippen molar-refractivity contribution in [1.29, 1.82) is 0 Å². The molecular weight excluding hydrogens is 506 g/mol. The fourth-order valence-electron chi connectivity index (χ4n) is 5.70. The number of ether oxygens (including phenoxy) is 3. The molecule has 0 aliphatic heterocycles. The summed E-state index contributed by atoms with van der Waals surface area (Å²) in [6, 6.07) is 0. The summed E-state index contributed by atoms with van der Waals surface area (Å²) in [7, 11) is 0. The lowest BCUT2D eigenvalue weighted by molar-refractivity contribution is -0.302. The summed E-state index contributed by atoms with van der Waals surface area (Å²) in [6.07, 6.45) is 7.24. The largest absolute Gasteiger partial charge is 0.465 e. The maximum atomic E-state index is 15.0. The molecule has 2 aliphatic carbocycles. The van der Waals surface area contributed by atoms with Crippen molar-refractivity contribution >= 4 is 11.9 Å². The van der Waals surface area contributed by atoms with Crippen molar-refractivity contribution in [3.05, 3.63) is 12.2 Å². The standard InChI is InChI=1S/C31H52F2O6/c1-6-7-8-9-23-10-14-26(15-11-23)31(32,33)39-27-16-12-24(13-17-27)18-25(19-37-28(35)22(2)3)20-38-29(36)30(4,5)21-34/h23-27,34H,2,6-21H2,1,3-5H3. The minimum atomic E-state index is -3.08. The van der Waals surface area contributed by atoms with Gasteiger partial charge in [-0.25, -0.2) is 4.79 Å². The first-order valence-corrected chi connectivity index (χ1v) is 15.0. The number of aliphatic hydroxyl groups is 1. The quantitative estimate of drug-likeness (QED) is 0.122. The Morgan fingerprint density at radius 3 is 2.10 bits per heavy atom. The molecule has 2 fully saturated rings. The maximum Gasteiger partial charge on any atom is 0.358 e. The van der Waals surface area contributed by atoms with Crippen molar-refractivity contribution in [2.45, 2.75) is 123 Å². The van der Waals surface area contributed by atoms with Gasteiger partial charge in [0.05, 0.1) is 37.3 Å². The molecular formula is C31H52F2O6. The van der Waals surface area contributed by atoms with Crippen LogP contribution in [0.25, 0.3) is 0 Å². The highest BCUT2D eigenvalue weighted by molar-refractivity contribution is 5.86. The molecule has 0 spiro atoms. The third-order valence-electron chi connectivity index (χ3n) is 8.52. The van der Waals surface area contributed by atoms with Gasteiger partial charge in [-0.1, -0.05) is 39.2 Å². The number of carbonyl (C=O) groups is 2. The number of carbonyl (C=O) groups excluding carboxylic acids is 2. The second-order valence-electron chi connectivity index (χ2n) is 12.7. The van der Waals surface area contributed by atoms with Gasteiger partial charge in [-0.15, -0.1) is 0 Å². The number of alkyl halides is 2. The highest BCUT2D eigenvalue weighted by Crippen LogP contribution is 2.43. The third-order valence-corrected chi connectivity index (χ3v) is 8.52. The Morgan fingerprint density at radius 2 is 1.54 bits per heavy atom. The second kappa shape index (κ2) is 16.0. The van der Waals surface area contributed by atoms with Gasteiger partial charge in [0.25, 0.3) is 0 Å². The highest BCUT2D eigenvalue weighted by atomic mass is 19.3. The van der Waals surface area contributed by atoms with E-state index in [4.69, 9.17) is 14.2 Å². The van der Waals surface area contributed by atoms with Crippen LogP contribution in [0.2, 0.25) is 0 Å².